The molecule has 2 aromatic carbocycles. The van der Waals surface area contributed by atoms with Crippen molar-refractivity contribution < 1.29 is 17.9 Å². The molecular weight excluding hydrogens is 376 g/mol. The standard InChI is InChI=1S/C21H28N2O4S/c1-15(2)18-8-6-7-9-19(18)22-21(24)13-10-16-14-17(11-12-20(16)27-5)28(25,26)23(3)4/h6-9,11-12,14-15H,10,13H2,1-5H3,(H,22,24). The van der Waals surface area contributed by atoms with E-state index in [0.29, 0.717) is 23.7 Å². The molecule has 0 unspecified atom stereocenters. The number of hydrogen-bond donors (Lipinski definition) is 1. The molecule has 0 spiro atoms. The number of amides is 1. The van der Waals surface area contributed by atoms with Gasteiger partial charge in [-0.25, -0.2) is 12.7 Å². The van der Waals surface area contributed by atoms with Crippen LogP contribution in [0.25, 0.3) is 0 Å². The summed E-state index contributed by atoms with van der Waals surface area (Å²) in [6, 6.07) is 12.4. The molecule has 7 heteroatoms. The van der Waals surface area contributed by atoms with E-state index in [2.05, 4.69) is 19.2 Å². The number of para-hydroxylation sites is 1. The Hall–Kier alpha value is -2.38. The van der Waals surface area contributed by atoms with Crippen molar-refractivity contribution in [2.75, 3.05) is 26.5 Å². The van der Waals surface area contributed by atoms with Gasteiger partial charge < -0.3 is 10.1 Å². The lowest BCUT2D eigenvalue weighted by atomic mass is 10.0. The summed E-state index contributed by atoms with van der Waals surface area (Å²) in [6.45, 7) is 4.15. The van der Waals surface area contributed by atoms with Crippen LogP contribution in [0.3, 0.4) is 0 Å². The van der Waals surface area contributed by atoms with Crippen molar-refractivity contribution >= 4 is 21.6 Å². The number of rotatable bonds is 8. The van der Waals surface area contributed by atoms with E-state index in [1.165, 1.54) is 27.3 Å². The minimum absolute atomic E-state index is 0.129. The summed E-state index contributed by atoms with van der Waals surface area (Å²) in [5.41, 5.74) is 2.56. The lowest BCUT2D eigenvalue weighted by Gasteiger charge is -2.15. The molecule has 1 amide bonds. The summed E-state index contributed by atoms with van der Waals surface area (Å²) in [6.07, 6.45) is 0.587. The molecule has 0 saturated heterocycles. The maximum atomic E-state index is 12.5. The molecule has 0 fully saturated rings. The monoisotopic (exact) mass is 404 g/mol. The minimum Gasteiger partial charge on any atom is -0.496 e. The van der Waals surface area contributed by atoms with Crippen LogP contribution in [-0.2, 0) is 21.2 Å². The molecule has 6 nitrogen and oxygen atoms in total. The molecule has 0 aliphatic carbocycles. The highest BCUT2D eigenvalue weighted by atomic mass is 32.2. The van der Waals surface area contributed by atoms with Gasteiger partial charge in [-0.1, -0.05) is 32.0 Å². The normalized spacial score (nSPS) is 11.7. The van der Waals surface area contributed by atoms with Gasteiger partial charge in [-0.05, 0) is 47.7 Å². The smallest absolute Gasteiger partial charge is 0.242 e. The van der Waals surface area contributed by atoms with Gasteiger partial charge in [0.2, 0.25) is 15.9 Å². The number of carbonyl (C=O) groups is 1. The average molecular weight is 405 g/mol. The van der Waals surface area contributed by atoms with Gasteiger partial charge in [0.05, 0.1) is 12.0 Å². The predicted molar refractivity (Wildman–Crippen MR) is 111 cm³/mol. The van der Waals surface area contributed by atoms with Crippen molar-refractivity contribution in [3.63, 3.8) is 0 Å². The van der Waals surface area contributed by atoms with Gasteiger partial charge in [0.1, 0.15) is 5.75 Å². The molecule has 0 aliphatic rings. The van der Waals surface area contributed by atoms with Crippen molar-refractivity contribution in [2.45, 2.75) is 37.5 Å². The van der Waals surface area contributed by atoms with Crippen LogP contribution in [0.5, 0.6) is 5.75 Å². The quantitative estimate of drug-likeness (QED) is 0.729. The van der Waals surface area contributed by atoms with Crippen molar-refractivity contribution in [1.82, 2.24) is 4.31 Å². The van der Waals surface area contributed by atoms with Crippen LogP contribution in [0.15, 0.2) is 47.4 Å². The molecule has 0 aliphatic heterocycles. The number of sulfonamides is 1. The predicted octanol–water partition coefficient (Wildman–Crippen LogP) is 3.64. The Balaban J connectivity index is 2.17. The fourth-order valence-corrected chi connectivity index (χ4v) is 3.85. The van der Waals surface area contributed by atoms with Crippen LogP contribution in [-0.4, -0.2) is 39.8 Å². The summed E-state index contributed by atoms with van der Waals surface area (Å²) in [5, 5.41) is 2.96. The first-order valence-electron chi connectivity index (χ1n) is 9.15. The molecule has 0 atom stereocenters. The lowest BCUT2D eigenvalue weighted by molar-refractivity contribution is -0.116. The molecule has 2 rings (SSSR count). The number of anilines is 1. The molecular formula is C21H28N2O4S. The first-order chi connectivity index (χ1) is 13.2. The van der Waals surface area contributed by atoms with E-state index < -0.39 is 10.0 Å². The molecule has 0 aromatic heterocycles. The van der Waals surface area contributed by atoms with E-state index in [9.17, 15) is 13.2 Å². The van der Waals surface area contributed by atoms with E-state index >= 15 is 0 Å². The second-order valence-electron chi connectivity index (χ2n) is 7.05. The maximum Gasteiger partial charge on any atom is 0.242 e. The number of carbonyl (C=O) groups excluding carboxylic acids is 1. The Morgan fingerprint density at radius 2 is 1.82 bits per heavy atom. The number of benzene rings is 2. The highest BCUT2D eigenvalue weighted by molar-refractivity contribution is 7.89. The number of aryl methyl sites for hydroxylation is 1. The van der Waals surface area contributed by atoms with E-state index in [1.807, 2.05) is 24.3 Å². The van der Waals surface area contributed by atoms with Gasteiger partial charge in [0.15, 0.2) is 0 Å². The Morgan fingerprint density at radius 1 is 1.14 bits per heavy atom. The maximum absolute atomic E-state index is 12.5. The second kappa shape index (κ2) is 9.21. The first kappa shape index (κ1) is 21.9. The van der Waals surface area contributed by atoms with Gasteiger partial charge in [-0.2, -0.15) is 0 Å². The molecule has 152 valence electrons. The summed E-state index contributed by atoms with van der Waals surface area (Å²) >= 11 is 0. The molecule has 0 heterocycles. The topological polar surface area (TPSA) is 75.7 Å². The number of methoxy groups -OCH3 is 1. The van der Waals surface area contributed by atoms with Crippen molar-refractivity contribution in [3.05, 3.63) is 53.6 Å². The van der Waals surface area contributed by atoms with E-state index in [0.717, 1.165) is 15.6 Å². The van der Waals surface area contributed by atoms with Crippen LogP contribution in [0.2, 0.25) is 0 Å². The van der Waals surface area contributed by atoms with E-state index in [4.69, 9.17) is 4.74 Å². The Kier molecular flexibility index (Phi) is 7.21. The Labute approximate surface area is 167 Å². The molecule has 0 saturated carbocycles. The molecule has 0 bridgehead atoms. The number of nitrogens with zero attached hydrogens (tertiary/aromatic N) is 1. The SMILES string of the molecule is COc1ccc(S(=O)(=O)N(C)C)cc1CCC(=O)Nc1ccccc1C(C)C. The van der Waals surface area contributed by atoms with Gasteiger partial charge in [0.25, 0.3) is 0 Å². The first-order valence-corrected chi connectivity index (χ1v) is 10.6. The van der Waals surface area contributed by atoms with Crippen LogP contribution in [0.1, 0.15) is 37.3 Å². The van der Waals surface area contributed by atoms with Gasteiger partial charge in [-0.15, -0.1) is 0 Å². The third-order valence-electron chi connectivity index (χ3n) is 4.51. The highest BCUT2D eigenvalue weighted by Crippen LogP contribution is 2.26. The second-order valence-corrected chi connectivity index (χ2v) is 9.20. The van der Waals surface area contributed by atoms with Gasteiger partial charge in [0, 0.05) is 26.2 Å². The Morgan fingerprint density at radius 3 is 2.43 bits per heavy atom. The zero-order valence-corrected chi connectivity index (χ0v) is 17.8. The van der Waals surface area contributed by atoms with E-state index in [-0.39, 0.29) is 17.2 Å². The highest BCUT2D eigenvalue weighted by Gasteiger charge is 2.19. The van der Waals surface area contributed by atoms with Gasteiger partial charge in [-0.3, -0.25) is 4.79 Å². The zero-order chi connectivity index (χ0) is 20.9. The van der Waals surface area contributed by atoms with Crippen LogP contribution in [0, 0.1) is 0 Å². The summed E-state index contributed by atoms with van der Waals surface area (Å²) in [5.74, 6) is 0.730. The van der Waals surface area contributed by atoms with Crippen molar-refractivity contribution in [2.24, 2.45) is 0 Å². The molecule has 0 radical (unpaired) electrons. The number of ether oxygens (including phenoxy) is 1. The zero-order valence-electron chi connectivity index (χ0n) is 17.0. The summed E-state index contributed by atoms with van der Waals surface area (Å²) in [4.78, 5) is 12.7. The molecule has 28 heavy (non-hydrogen) atoms. The number of hydrogen-bond acceptors (Lipinski definition) is 4. The molecule has 1 N–H and O–H groups in total. The van der Waals surface area contributed by atoms with Crippen molar-refractivity contribution in [1.29, 1.82) is 0 Å². The van der Waals surface area contributed by atoms with Crippen LogP contribution >= 0.6 is 0 Å². The van der Waals surface area contributed by atoms with Crippen molar-refractivity contribution in [3.8, 4) is 5.75 Å². The third kappa shape index (κ3) is 5.11. The largest absolute Gasteiger partial charge is 0.496 e. The average Bonchev–Trinajstić information content (AvgIpc) is 2.66. The fourth-order valence-electron chi connectivity index (χ4n) is 2.90. The van der Waals surface area contributed by atoms with Gasteiger partial charge >= 0.3 is 0 Å². The Bertz CT molecular complexity index is 937. The van der Waals surface area contributed by atoms with Crippen LogP contribution < -0.4 is 10.1 Å². The lowest BCUT2D eigenvalue weighted by Crippen LogP contribution is -2.22. The summed E-state index contributed by atoms with van der Waals surface area (Å²) < 4.78 is 31.2. The fraction of sp³-hybridized carbons (Fsp3) is 0.381. The third-order valence-corrected chi connectivity index (χ3v) is 6.32. The molecule has 2 aromatic rings. The summed E-state index contributed by atoms with van der Waals surface area (Å²) in [7, 11) is 0.946. The van der Waals surface area contributed by atoms with Crippen LogP contribution in [0.4, 0.5) is 5.69 Å². The minimum atomic E-state index is -3.55. The number of nitrogens with one attached hydrogen (secondary N) is 1. The van der Waals surface area contributed by atoms with E-state index in [1.54, 1.807) is 12.1 Å².